The molecular formula is C12H20O. The summed E-state index contributed by atoms with van der Waals surface area (Å²) in [6, 6.07) is 0. The summed E-state index contributed by atoms with van der Waals surface area (Å²) in [4.78, 5) is 0. The summed E-state index contributed by atoms with van der Waals surface area (Å²) in [6.45, 7) is 2.48. The Hall–Kier alpha value is -0.0400. The maximum atomic E-state index is 9.87. The molecule has 1 spiro atoms. The van der Waals surface area contributed by atoms with Crippen LogP contribution >= 0.6 is 0 Å². The molecule has 3 aliphatic carbocycles. The van der Waals surface area contributed by atoms with Gasteiger partial charge in [-0.1, -0.05) is 19.8 Å². The van der Waals surface area contributed by atoms with Crippen LogP contribution in [-0.4, -0.2) is 11.2 Å². The third-order valence-corrected chi connectivity index (χ3v) is 5.39. The lowest BCUT2D eigenvalue weighted by atomic mass is 9.58. The van der Waals surface area contributed by atoms with Crippen molar-refractivity contribution < 1.29 is 5.11 Å². The van der Waals surface area contributed by atoms with Crippen LogP contribution < -0.4 is 0 Å². The first kappa shape index (κ1) is 8.28. The van der Waals surface area contributed by atoms with E-state index in [9.17, 15) is 5.11 Å². The quantitative estimate of drug-likeness (QED) is 0.607. The number of aliphatic hydroxyl groups is 1. The molecule has 0 radical (unpaired) electrons. The highest BCUT2D eigenvalue weighted by molar-refractivity contribution is 5.17. The molecule has 0 aromatic heterocycles. The highest BCUT2D eigenvalue weighted by Gasteiger charge is 2.68. The Labute approximate surface area is 80.5 Å². The van der Waals surface area contributed by atoms with Gasteiger partial charge in [-0.2, -0.15) is 0 Å². The molecule has 0 amide bonds. The van der Waals surface area contributed by atoms with Crippen LogP contribution in [0.3, 0.4) is 0 Å². The summed E-state index contributed by atoms with van der Waals surface area (Å²) in [5.41, 5.74) is 1.21. The van der Waals surface area contributed by atoms with Crippen LogP contribution in [0.25, 0.3) is 0 Å². The average molecular weight is 180 g/mol. The van der Waals surface area contributed by atoms with E-state index in [0.717, 1.165) is 6.42 Å². The van der Waals surface area contributed by atoms with Gasteiger partial charge in [-0.25, -0.2) is 0 Å². The molecule has 1 N–H and O–H groups in total. The van der Waals surface area contributed by atoms with Crippen molar-refractivity contribution >= 4 is 0 Å². The Kier molecular flexibility index (Phi) is 1.47. The molecule has 0 aromatic carbocycles. The van der Waals surface area contributed by atoms with E-state index in [0.29, 0.717) is 16.7 Å². The zero-order valence-electron chi connectivity index (χ0n) is 8.55. The first-order valence-corrected chi connectivity index (χ1v) is 5.86. The number of rotatable bonds is 0. The van der Waals surface area contributed by atoms with Gasteiger partial charge in [-0.3, -0.25) is 0 Å². The highest BCUT2D eigenvalue weighted by atomic mass is 16.3. The number of aliphatic hydroxyl groups excluding tert-OH is 1. The van der Waals surface area contributed by atoms with E-state index in [4.69, 9.17) is 0 Å². The molecule has 0 bridgehead atoms. The first-order chi connectivity index (χ1) is 6.18. The molecule has 3 aliphatic rings. The predicted octanol–water partition coefficient (Wildman–Crippen LogP) is 2.73. The molecule has 0 heterocycles. The normalized spacial score (nSPS) is 59.5. The zero-order chi connectivity index (χ0) is 9.10. The van der Waals surface area contributed by atoms with Crippen molar-refractivity contribution in [1.82, 2.24) is 0 Å². The Bertz CT molecular complexity index is 237. The second-order valence-corrected chi connectivity index (χ2v) is 5.84. The van der Waals surface area contributed by atoms with Crippen molar-refractivity contribution in [3.8, 4) is 0 Å². The fourth-order valence-electron chi connectivity index (χ4n) is 4.37. The Morgan fingerprint density at radius 3 is 2.77 bits per heavy atom. The number of hydrogen-bond donors (Lipinski definition) is 1. The Morgan fingerprint density at radius 1 is 1.15 bits per heavy atom. The van der Waals surface area contributed by atoms with Crippen LogP contribution in [0.1, 0.15) is 51.9 Å². The van der Waals surface area contributed by atoms with E-state index >= 15 is 0 Å². The maximum Gasteiger partial charge on any atom is 0.0574 e. The molecule has 3 saturated carbocycles. The summed E-state index contributed by atoms with van der Waals surface area (Å²) in [5, 5.41) is 9.87. The Balaban J connectivity index is 1.92. The molecule has 4 atom stereocenters. The highest BCUT2D eigenvalue weighted by Crippen LogP contribution is 2.74. The molecule has 3 fully saturated rings. The van der Waals surface area contributed by atoms with E-state index < -0.39 is 0 Å². The van der Waals surface area contributed by atoms with E-state index in [-0.39, 0.29) is 6.10 Å². The van der Waals surface area contributed by atoms with Gasteiger partial charge in [0.1, 0.15) is 0 Å². The summed E-state index contributed by atoms with van der Waals surface area (Å²) in [6.07, 6.45) is 9.42. The predicted molar refractivity (Wildman–Crippen MR) is 52.4 cm³/mol. The molecule has 0 unspecified atom stereocenters. The second kappa shape index (κ2) is 2.31. The van der Waals surface area contributed by atoms with Gasteiger partial charge in [-0.15, -0.1) is 0 Å². The molecule has 3 rings (SSSR count). The molecule has 0 saturated heterocycles. The zero-order valence-corrected chi connectivity index (χ0v) is 8.55. The van der Waals surface area contributed by atoms with Crippen molar-refractivity contribution in [3.63, 3.8) is 0 Å². The SMILES string of the molecule is C[C@@]12CCCC[C@@]13C[C@H]3[C@@H](O)CC2. The molecule has 0 aromatic rings. The van der Waals surface area contributed by atoms with Gasteiger partial charge in [0, 0.05) is 0 Å². The van der Waals surface area contributed by atoms with Crippen molar-refractivity contribution in [2.24, 2.45) is 16.7 Å². The third kappa shape index (κ3) is 0.869. The largest absolute Gasteiger partial charge is 0.393 e. The Morgan fingerprint density at radius 2 is 1.92 bits per heavy atom. The topological polar surface area (TPSA) is 20.2 Å². The van der Waals surface area contributed by atoms with Crippen molar-refractivity contribution in [2.45, 2.75) is 58.0 Å². The van der Waals surface area contributed by atoms with Crippen molar-refractivity contribution in [2.75, 3.05) is 0 Å². The van der Waals surface area contributed by atoms with E-state index in [1.807, 2.05) is 0 Å². The van der Waals surface area contributed by atoms with Gasteiger partial charge in [-0.05, 0) is 48.9 Å². The van der Waals surface area contributed by atoms with Gasteiger partial charge < -0.3 is 5.11 Å². The lowest BCUT2D eigenvalue weighted by Gasteiger charge is -2.47. The van der Waals surface area contributed by atoms with Gasteiger partial charge in [0.25, 0.3) is 0 Å². The lowest BCUT2D eigenvalue weighted by Crippen LogP contribution is -2.40. The first-order valence-electron chi connectivity index (χ1n) is 5.86. The van der Waals surface area contributed by atoms with Crippen molar-refractivity contribution in [3.05, 3.63) is 0 Å². The fourth-order valence-corrected chi connectivity index (χ4v) is 4.37. The molecule has 1 heteroatoms. The van der Waals surface area contributed by atoms with Gasteiger partial charge in [0.15, 0.2) is 0 Å². The van der Waals surface area contributed by atoms with Crippen LogP contribution in [0.4, 0.5) is 0 Å². The number of hydrogen-bond acceptors (Lipinski definition) is 1. The van der Waals surface area contributed by atoms with Crippen LogP contribution in [0.2, 0.25) is 0 Å². The van der Waals surface area contributed by atoms with E-state index in [2.05, 4.69) is 6.92 Å². The monoisotopic (exact) mass is 180 g/mol. The van der Waals surface area contributed by atoms with Crippen LogP contribution in [-0.2, 0) is 0 Å². The van der Waals surface area contributed by atoms with Gasteiger partial charge in [0.2, 0.25) is 0 Å². The standard InChI is InChI=1S/C12H20O/c1-11-5-2-3-6-12(11)8-9(12)10(13)4-7-11/h9-10,13H,2-8H2,1H3/t9-,10-,11-,12-/m0/s1. The van der Waals surface area contributed by atoms with Gasteiger partial charge >= 0.3 is 0 Å². The van der Waals surface area contributed by atoms with Crippen LogP contribution in [0.5, 0.6) is 0 Å². The summed E-state index contributed by atoms with van der Waals surface area (Å²) < 4.78 is 0. The lowest BCUT2D eigenvalue weighted by molar-refractivity contribution is -0.0175. The summed E-state index contributed by atoms with van der Waals surface area (Å²) in [7, 11) is 0. The minimum Gasteiger partial charge on any atom is -0.393 e. The average Bonchev–Trinajstić information content (AvgIpc) is 2.84. The van der Waals surface area contributed by atoms with Crippen molar-refractivity contribution in [1.29, 1.82) is 0 Å². The molecule has 1 nitrogen and oxygen atoms in total. The minimum absolute atomic E-state index is 0.0474. The third-order valence-electron chi connectivity index (χ3n) is 5.39. The molecular weight excluding hydrogens is 160 g/mol. The molecule has 0 aliphatic heterocycles. The van der Waals surface area contributed by atoms with Gasteiger partial charge in [0.05, 0.1) is 6.10 Å². The molecule has 74 valence electrons. The van der Waals surface area contributed by atoms with Crippen LogP contribution in [0.15, 0.2) is 0 Å². The second-order valence-electron chi connectivity index (χ2n) is 5.84. The molecule has 13 heavy (non-hydrogen) atoms. The van der Waals surface area contributed by atoms with Crippen LogP contribution in [0, 0.1) is 16.7 Å². The van der Waals surface area contributed by atoms with E-state index in [1.165, 1.54) is 38.5 Å². The maximum absolute atomic E-state index is 9.87. The smallest absolute Gasteiger partial charge is 0.0574 e. The fraction of sp³-hybridized carbons (Fsp3) is 1.00. The minimum atomic E-state index is 0.0474. The summed E-state index contributed by atoms with van der Waals surface area (Å²) in [5.74, 6) is 0.687. The summed E-state index contributed by atoms with van der Waals surface area (Å²) >= 11 is 0. The van der Waals surface area contributed by atoms with E-state index in [1.54, 1.807) is 0 Å².